The third-order valence-electron chi connectivity index (χ3n) is 13.1. The molecule has 0 aliphatic carbocycles. The van der Waals surface area contributed by atoms with E-state index in [1.807, 2.05) is 6.08 Å². The zero-order valence-electron chi connectivity index (χ0n) is 43.5. The summed E-state index contributed by atoms with van der Waals surface area (Å²) in [6.07, 6.45) is 67.3. The summed E-state index contributed by atoms with van der Waals surface area (Å²) in [6, 6.07) is -0.635. The number of aliphatic hydroxyl groups is 2. The van der Waals surface area contributed by atoms with Gasteiger partial charge in [0.1, 0.15) is 0 Å². The molecule has 0 saturated carbocycles. The molecule has 2 unspecified atom stereocenters. The van der Waals surface area contributed by atoms with Gasteiger partial charge in [0.05, 0.1) is 25.4 Å². The van der Waals surface area contributed by atoms with E-state index in [2.05, 4.69) is 43.5 Å². The summed E-state index contributed by atoms with van der Waals surface area (Å²) in [4.78, 5) is 24.5. The van der Waals surface area contributed by atoms with Crippen molar-refractivity contribution in [1.29, 1.82) is 0 Å². The van der Waals surface area contributed by atoms with Gasteiger partial charge in [0.25, 0.3) is 0 Å². The number of allylic oxidation sites excluding steroid dienone is 5. The van der Waals surface area contributed by atoms with Gasteiger partial charge in [-0.15, -0.1) is 0 Å². The van der Waals surface area contributed by atoms with Gasteiger partial charge in [-0.05, 0) is 83.5 Å². The monoisotopic (exact) mass is 914 g/mol. The maximum absolute atomic E-state index is 12.5. The van der Waals surface area contributed by atoms with Crippen molar-refractivity contribution in [3.8, 4) is 0 Å². The Morgan fingerprint density at radius 3 is 1.12 bits per heavy atom. The zero-order valence-corrected chi connectivity index (χ0v) is 43.5. The van der Waals surface area contributed by atoms with E-state index in [-0.39, 0.29) is 18.5 Å². The first-order chi connectivity index (χ1) is 32.0. The Morgan fingerprint density at radius 2 is 0.723 bits per heavy atom. The molecule has 0 fully saturated rings. The van der Waals surface area contributed by atoms with Crippen LogP contribution < -0.4 is 5.32 Å². The number of hydrogen-bond donors (Lipinski definition) is 3. The average Bonchev–Trinajstić information content (AvgIpc) is 3.31. The van der Waals surface area contributed by atoms with Gasteiger partial charge in [0.15, 0.2) is 0 Å². The lowest BCUT2D eigenvalue weighted by Crippen LogP contribution is -2.45. The minimum Gasteiger partial charge on any atom is -0.466 e. The fraction of sp³-hybridized carbons (Fsp3) is 0.864. The van der Waals surface area contributed by atoms with Crippen molar-refractivity contribution >= 4 is 11.9 Å². The lowest BCUT2D eigenvalue weighted by molar-refractivity contribution is -0.143. The Labute approximate surface area is 404 Å². The molecule has 0 aliphatic heterocycles. The summed E-state index contributed by atoms with van der Waals surface area (Å²) in [7, 11) is 0. The highest BCUT2D eigenvalue weighted by Crippen LogP contribution is 2.16. The van der Waals surface area contributed by atoms with Gasteiger partial charge in [0.2, 0.25) is 5.91 Å². The summed E-state index contributed by atoms with van der Waals surface area (Å²) in [5, 5.41) is 23.1. The number of rotatable bonds is 53. The zero-order chi connectivity index (χ0) is 47.2. The average molecular weight is 915 g/mol. The molecule has 0 rings (SSSR count). The van der Waals surface area contributed by atoms with Crippen LogP contribution in [0.3, 0.4) is 0 Å². The molecule has 0 spiro atoms. The fourth-order valence-electron chi connectivity index (χ4n) is 8.68. The van der Waals surface area contributed by atoms with E-state index in [9.17, 15) is 19.8 Å². The lowest BCUT2D eigenvalue weighted by Gasteiger charge is -2.20. The normalized spacial score (nSPS) is 12.9. The topological polar surface area (TPSA) is 95.9 Å². The van der Waals surface area contributed by atoms with Crippen molar-refractivity contribution in [2.45, 2.75) is 315 Å². The highest BCUT2D eigenvalue weighted by molar-refractivity contribution is 5.76. The maximum atomic E-state index is 12.5. The molecule has 0 saturated heterocycles. The van der Waals surface area contributed by atoms with Crippen molar-refractivity contribution in [2.75, 3.05) is 13.2 Å². The summed E-state index contributed by atoms with van der Waals surface area (Å²) in [6.45, 7) is 4.87. The summed E-state index contributed by atoms with van der Waals surface area (Å²) in [5.41, 5.74) is 0. The first kappa shape index (κ1) is 63.1. The summed E-state index contributed by atoms with van der Waals surface area (Å²) >= 11 is 0. The highest BCUT2D eigenvalue weighted by Gasteiger charge is 2.18. The van der Waals surface area contributed by atoms with Crippen molar-refractivity contribution in [1.82, 2.24) is 5.32 Å². The molecule has 382 valence electrons. The second-order valence-electron chi connectivity index (χ2n) is 19.6. The molecule has 0 aliphatic rings. The van der Waals surface area contributed by atoms with Crippen LogP contribution in [-0.2, 0) is 14.3 Å². The molecular formula is C59H111NO5. The van der Waals surface area contributed by atoms with E-state index in [1.54, 1.807) is 6.08 Å². The largest absolute Gasteiger partial charge is 0.466 e. The smallest absolute Gasteiger partial charge is 0.305 e. The molecule has 3 N–H and O–H groups in total. The Balaban J connectivity index is 3.49. The second kappa shape index (κ2) is 54.7. The molecule has 0 heterocycles. The van der Waals surface area contributed by atoms with Crippen LogP contribution in [0.15, 0.2) is 36.5 Å². The van der Waals surface area contributed by atoms with Crippen molar-refractivity contribution in [2.24, 2.45) is 0 Å². The standard InChI is InChI=1S/C59H111NO5/c1-3-5-7-9-11-13-15-17-18-22-25-28-31-35-39-43-47-51-57(62)56(55-61)60-58(63)52-48-44-40-36-32-29-26-23-20-19-21-24-27-30-34-38-42-46-50-54-65-59(64)53-49-45-41-37-33-16-14-12-10-8-6-4-2/h12,14,19-20,47,51,56-57,61-62H,3-11,13,15-18,21-46,48-50,52-55H2,1-2H3,(H,60,63)/b14-12-,20-19-,51-47+. The predicted molar refractivity (Wildman–Crippen MR) is 283 cm³/mol. The first-order valence-corrected chi connectivity index (χ1v) is 28.8. The van der Waals surface area contributed by atoms with Crippen LogP contribution in [-0.4, -0.2) is 47.4 Å². The van der Waals surface area contributed by atoms with E-state index in [0.29, 0.717) is 19.4 Å². The van der Waals surface area contributed by atoms with E-state index < -0.39 is 12.1 Å². The predicted octanol–water partition coefficient (Wildman–Crippen LogP) is 17.6. The lowest BCUT2D eigenvalue weighted by atomic mass is 10.0. The van der Waals surface area contributed by atoms with Gasteiger partial charge in [-0.2, -0.15) is 0 Å². The molecule has 2 atom stereocenters. The molecule has 6 heteroatoms. The van der Waals surface area contributed by atoms with Crippen LogP contribution in [0, 0.1) is 0 Å². The number of carbonyl (C=O) groups excluding carboxylic acids is 2. The van der Waals surface area contributed by atoms with Gasteiger partial charge in [-0.25, -0.2) is 0 Å². The third-order valence-corrected chi connectivity index (χ3v) is 13.1. The van der Waals surface area contributed by atoms with Crippen molar-refractivity contribution < 1.29 is 24.5 Å². The first-order valence-electron chi connectivity index (χ1n) is 28.8. The van der Waals surface area contributed by atoms with Gasteiger partial charge in [-0.3, -0.25) is 9.59 Å². The van der Waals surface area contributed by atoms with Crippen LogP contribution in [0.1, 0.15) is 303 Å². The molecular weight excluding hydrogens is 803 g/mol. The SMILES string of the molecule is CCCCC/C=C\CCCCCCCC(=O)OCCCCCCCCCC/C=C\CCCCCCCCCC(=O)NC(CO)C(O)/C=C/CCCCCCCCCCCCCCCCC. The van der Waals surface area contributed by atoms with Gasteiger partial charge in [0, 0.05) is 12.8 Å². The molecule has 0 bridgehead atoms. The molecule has 1 amide bonds. The Bertz CT molecular complexity index is 1060. The van der Waals surface area contributed by atoms with Gasteiger partial charge >= 0.3 is 5.97 Å². The van der Waals surface area contributed by atoms with Gasteiger partial charge < -0.3 is 20.3 Å². The van der Waals surface area contributed by atoms with Crippen molar-refractivity contribution in [3.63, 3.8) is 0 Å². The number of nitrogens with one attached hydrogen (secondary N) is 1. The Kier molecular flexibility index (Phi) is 53.1. The number of esters is 1. The third kappa shape index (κ3) is 51.3. The van der Waals surface area contributed by atoms with Crippen LogP contribution in [0.25, 0.3) is 0 Å². The molecule has 6 nitrogen and oxygen atoms in total. The molecule has 65 heavy (non-hydrogen) atoms. The number of hydrogen-bond acceptors (Lipinski definition) is 5. The van der Waals surface area contributed by atoms with Crippen LogP contribution in [0.2, 0.25) is 0 Å². The molecule has 0 radical (unpaired) electrons. The summed E-state index contributed by atoms with van der Waals surface area (Å²) < 4.78 is 5.45. The quantitative estimate of drug-likeness (QED) is 0.0321. The Morgan fingerprint density at radius 1 is 0.415 bits per heavy atom. The van der Waals surface area contributed by atoms with Crippen molar-refractivity contribution in [3.05, 3.63) is 36.5 Å². The van der Waals surface area contributed by atoms with Gasteiger partial charge in [-0.1, -0.05) is 243 Å². The minimum atomic E-state index is -0.851. The number of ether oxygens (including phenoxy) is 1. The number of carbonyl (C=O) groups is 2. The highest BCUT2D eigenvalue weighted by atomic mass is 16.5. The maximum Gasteiger partial charge on any atom is 0.305 e. The van der Waals surface area contributed by atoms with Crippen LogP contribution >= 0.6 is 0 Å². The molecule has 0 aromatic carbocycles. The molecule has 0 aromatic heterocycles. The molecule has 0 aromatic rings. The second-order valence-corrected chi connectivity index (χ2v) is 19.6. The van der Waals surface area contributed by atoms with E-state index in [0.717, 1.165) is 51.4 Å². The number of aliphatic hydroxyl groups excluding tert-OH is 2. The van der Waals surface area contributed by atoms with Crippen LogP contribution in [0.4, 0.5) is 0 Å². The summed E-state index contributed by atoms with van der Waals surface area (Å²) in [5.74, 6) is -0.0839. The minimum absolute atomic E-state index is 0.00717. The van der Waals surface area contributed by atoms with E-state index in [4.69, 9.17) is 4.74 Å². The Hall–Kier alpha value is -1.92. The van der Waals surface area contributed by atoms with Crippen LogP contribution in [0.5, 0.6) is 0 Å². The number of amides is 1. The fourth-order valence-corrected chi connectivity index (χ4v) is 8.68. The van der Waals surface area contributed by atoms with E-state index >= 15 is 0 Å². The van der Waals surface area contributed by atoms with E-state index in [1.165, 1.54) is 225 Å². The number of unbranched alkanes of at least 4 members (excludes halogenated alkanes) is 38.